The quantitative estimate of drug-likeness (QED) is 0.865. The molecule has 0 amide bonds. The highest BCUT2D eigenvalue weighted by molar-refractivity contribution is 6.31. The van der Waals surface area contributed by atoms with Crippen molar-refractivity contribution in [3.8, 4) is 11.5 Å². The van der Waals surface area contributed by atoms with Crippen LogP contribution in [0.5, 0.6) is 11.5 Å². The molecule has 0 heterocycles. The number of phenolic OH excluding ortho intramolecular Hbond substituents is 1. The molecule has 0 aromatic heterocycles. The number of aromatic hydroxyl groups is 1. The Morgan fingerprint density at radius 1 is 1.25 bits per heavy atom. The molecule has 20 heavy (non-hydrogen) atoms. The summed E-state index contributed by atoms with van der Waals surface area (Å²) in [5, 5.41) is 14.5. The number of methoxy groups -OCH3 is 1. The molecule has 0 radical (unpaired) electrons. The van der Waals surface area contributed by atoms with Crippen molar-refractivity contribution in [1.29, 1.82) is 0 Å². The summed E-state index contributed by atoms with van der Waals surface area (Å²) < 4.78 is 5.08. The maximum Gasteiger partial charge on any atom is 0.162 e. The van der Waals surface area contributed by atoms with Crippen LogP contribution < -0.4 is 10.1 Å². The topological polar surface area (TPSA) is 41.5 Å². The maximum atomic E-state index is 10.1. The van der Waals surface area contributed by atoms with Crippen LogP contribution >= 0.6 is 23.2 Å². The van der Waals surface area contributed by atoms with E-state index >= 15 is 0 Å². The Balaban J connectivity index is 2.23. The van der Waals surface area contributed by atoms with Gasteiger partial charge in [0, 0.05) is 33.9 Å². The van der Waals surface area contributed by atoms with E-state index in [1.54, 1.807) is 12.1 Å². The van der Waals surface area contributed by atoms with E-state index in [-0.39, 0.29) is 5.75 Å². The van der Waals surface area contributed by atoms with Crippen molar-refractivity contribution in [3.63, 3.8) is 0 Å². The Labute approximate surface area is 128 Å². The van der Waals surface area contributed by atoms with Gasteiger partial charge >= 0.3 is 0 Å². The molecular weight excluding hydrogens is 297 g/mol. The minimum absolute atomic E-state index is 0.0871. The summed E-state index contributed by atoms with van der Waals surface area (Å²) in [6.45, 7) is 2.35. The summed E-state index contributed by atoms with van der Waals surface area (Å²) in [6.07, 6.45) is 0. The first-order valence-electron chi connectivity index (χ1n) is 6.07. The van der Waals surface area contributed by atoms with Crippen molar-refractivity contribution < 1.29 is 9.84 Å². The Morgan fingerprint density at radius 2 is 2.00 bits per heavy atom. The third-order valence-electron chi connectivity index (χ3n) is 3.08. The predicted molar refractivity (Wildman–Crippen MR) is 83.2 cm³/mol. The molecule has 2 aromatic rings. The number of hydrogen-bond acceptors (Lipinski definition) is 3. The van der Waals surface area contributed by atoms with Gasteiger partial charge in [-0.25, -0.2) is 0 Å². The molecule has 2 rings (SSSR count). The van der Waals surface area contributed by atoms with Crippen LogP contribution in [0.25, 0.3) is 0 Å². The molecular formula is C15H15Cl2NO2. The van der Waals surface area contributed by atoms with Gasteiger partial charge in [0.1, 0.15) is 0 Å². The van der Waals surface area contributed by atoms with E-state index in [2.05, 4.69) is 5.32 Å². The highest BCUT2D eigenvalue weighted by Crippen LogP contribution is 2.34. The first-order chi connectivity index (χ1) is 9.52. The van der Waals surface area contributed by atoms with Crippen LogP contribution in [-0.4, -0.2) is 12.2 Å². The number of hydrogen-bond donors (Lipinski definition) is 2. The normalized spacial score (nSPS) is 10.4. The van der Waals surface area contributed by atoms with Crippen LogP contribution in [0, 0.1) is 6.92 Å². The Hall–Kier alpha value is -1.58. The fourth-order valence-corrected chi connectivity index (χ4v) is 2.31. The number of nitrogens with one attached hydrogen (secondary N) is 1. The summed E-state index contributed by atoms with van der Waals surface area (Å²) in [5.41, 5.74) is 2.53. The van der Waals surface area contributed by atoms with Crippen molar-refractivity contribution >= 4 is 28.9 Å². The van der Waals surface area contributed by atoms with Gasteiger partial charge < -0.3 is 15.2 Å². The molecule has 0 aliphatic rings. The number of phenols is 1. The SMILES string of the molecule is COc1cc(Cl)cc(CNc2cccc(Cl)c2C)c1O. The van der Waals surface area contributed by atoms with Crippen LogP contribution in [0.15, 0.2) is 30.3 Å². The monoisotopic (exact) mass is 311 g/mol. The number of benzene rings is 2. The second-order valence-electron chi connectivity index (χ2n) is 4.38. The number of halogens is 2. The zero-order valence-electron chi connectivity index (χ0n) is 11.2. The molecule has 0 aliphatic carbocycles. The Morgan fingerprint density at radius 3 is 2.70 bits per heavy atom. The zero-order valence-corrected chi connectivity index (χ0v) is 12.7. The van der Waals surface area contributed by atoms with Crippen molar-refractivity contribution in [2.75, 3.05) is 12.4 Å². The molecule has 2 N–H and O–H groups in total. The van der Waals surface area contributed by atoms with Crippen molar-refractivity contribution in [2.24, 2.45) is 0 Å². The van der Waals surface area contributed by atoms with Gasteiger partial charge in [0.25, 0.3) is 0 Å². The Kier molecular flexibility index (Phi) is 4.63. The highest BCUT2D eigenvalue weighted by Gasteiger charge is 2.10. The maximum absolute atomic E-state index is 10.1. The fraction of sp³-hybridized carbons (Fsp3) is 0.200. The van der Waals surface area contributed by atoms with Gasteiger partial charge in [0.05, 0.1) is 7.11 Å². The number of anilines is 1. The fourth-order valence-electron chi connectivity index (χ4n) is 1.91. The molecule has 0 atom stereocenters. The average Bonchev–Trinajstić information content (AvgIpc) is 2.43. The van der Waals surface area contributed by atoms with Crippen LogP contribution in [-0.2, 0) is 6.54 Å². The first-order valence-corrected chi connectivity index (χ1v) is 6.83. The van der Waals surface area contributed by atoms with Crippen LogP contribution in [0.3, 0.4) is 0 Å². The van der Waals surface area contributed by atoms with E-state index in [9.17, 15) is 5.11 Å². The van der Waals surface area contributed by atoms with Gasteiger partial charge in [-0.05, 0) is 30.7 Å². The Bertz CT molecular complexity index is 630. The summed E-state index contributed by atoms with van der Waals surface area (Å²) in [5.74, 6) is 0.446. The van der Waals surface area contributed by atoms with E-state index < -0.39 is 0 Å². The van der Waals surface area contributed by atoms with E-state index in [1.807, 2.05) is 25.1 Å². The molecule has 5 heteroatoms. The van der Waals surface area contributed by atoms with Gasteiger partial charge in [0.15, 0.2) is 11.5 Å². The van der Waals surface area contributed by atoms with E-state index in [4.69, 9.17) is 27.9 Å². The molecule has 0 spiro atoms. The predicted octanol–water partition coefficient (Wildman–Crippen LogP) is 4.63. The minimum atomic E-state index is 0.0871. The molecule has 0 unspecified atom stereocenters. The second-order valence-corrected chi connectivity index (χ2v) is 5.23. The molecule has 0 aliphatic heterocycles. The first kappa shape index (κ1) is 14.8. The molecule has 106 valence electrons. The van der Waals surface area contributed by atoms with E-state index in [0.717, 1.165) is 11.3 Å². The largest absolute Gasteiger partial charge is 0.504 e. The minimum Gasteiger partial charge on any atom is -0.504 e. The van der Waals surface area contributed by atoms with Gasteiger partial charge in [0.2, 0.25) is 0 Å². The number of rotatable bonds is 4. The van der Waals surface area contributed by atoms with Gasteiger partial charge in [-0.2, -0.15) is 0 Å². The molecule has 0 saturated heterocycles. The van der Waals surface area contributed by atoms with Gasteiger partial charge in [-0.1, -0.05) is 29.3 Å². The third-order valence-corrected chi connectivity index (χ3v) is 3.70. The van der Waals surface area contributed by atoms with Gasteiger partial charge in [-0.3, -0.25) is 0 Å². The van der Waals surface area contributed by atoms with Crippen molar-refractivity contribution in [3.05, 3.63) is 51.5 Å². The van der Waals surface area contributed by atoms with E-state index in [0.29, 0.717) is 27.9 Å². The van der Waals surface area contributed by atoms with Gasteiger partial charge in [-0.15, -0.1) is 0 Å². The lowest BCUT2D eigenvalue weighted by Gasteiger charge is -2.13. The lowest BCUT2D eigenvalue weighted by atomic mass is 10.1. The highest BCUT2D eigenvalue weighted by atomic mass is 35.5. The lowest BCUT2D eigenvalue weighted by molar-refractivity contribution is 0.371. The van der Waals surface area contributed by atoms with Crippen LogP contribution in [0.2, 0.25) is 10.0 Å². The third kappa shape index (κ3) is 3.11. The lowest BCUT2D eigenvalue weighted by Crippen LogP contribution is -2.02. The molecule has 0 fully saturated rings. The average molecular weight is 312 g/mol. The second kappa shape index (κ2) is 6.25. The molecule has 0 bridgehead atoms. The summed E-state index contributed by atoms with van der Waals surface area (Å²) >= 11 is 12.1. The summed E-state index contributed by atoms with van der Waals surface area (Å²) in [4.78, 5) is 0. The summed E-state index contributed by atoms with van der Waals surface area (Å²) in [6, 6.07) is 8.91. The zero-order chi connectivity index (χ0) is 14.7. The molecule has 3 nitrogen and oxygen atoms in total. The smallest absolute Gasteiger partial charge is 0.162 e. The molecule has 2 aromatic carbocycles. The number of ether oxygens (including phenoxy) is 1. The standard InChI is InChI=1S/C15H15Cl2NO2/c1-9-12(17)4-3-5-13(9)18-8-10-6-11(16)7-14(20-2)15(10)19/h3-7,18-19H,8H2,1-2H3. The van der Waals surface area contributed by atoms with Crippen molar-refractivity contribution in [1.82, 2.24) is 0 Å². The van der Waals surface area contributed by atoms with Crippen molar-refractivity contribution in [2.45, 2.75) is 13.5 Å². The van der Waals surface area contributed by atoms with Crippen LogP contribution in [0.1, 0.15) is 11.1 Å². The van der Waals surface area contributed by atoms with Crippen LogP contribution in [0.4, 0.5) is 5.69 Å². The van der Waals surface area contributed by atoms with E-state index in [1.165, 1.54) is 7.11 Å². The summed E-state index contributed by atoms with van der Waals surface area (Å²) in [7, 11) is 1.49. The molecule has 0 saturated carbocycles.